The molecule has 0 radical (unpaired) electrons. The fourth-order valence-electron chi connectivity index (χ4n) is 7.86. The molecule has 0 N–H and O–H groups in total. The highest BCUT2D eigenvalue weighted by atomic mass is 19.4. The van der Waals surface area contributed by atoms with Crippen LogP contribution < -0.4 is 0 Å². The van der Waals surface area contributed by atoms with Gasteiger partial charge in [-0.3, -0.25) is 0 Å². The van der Waals surface area contributed by atoms with Crippen LogP contribution in [0.2, 0.25) is 0 Å². The van der Waals surface area contributed by atoms with Crippen LogP contribution in [0.15, 0.2) is 164 Å². The summed E-state index contributed by atoms with van der Waals surface area (Å²) in [6.45, 7) is 0. The van der Waals surface area contributed by atoms with Gasteiger partial charge in [0.1, 0.15) is 0 Å². The largest absolute Gasteiger partial charge is 0.416 e. The number of rotatable bonds is 5. The summed E-state index contributed by atoms with van der Waals surface area (Å²) in [5.41, 5.74) is 2.33. The second-order valence-electron chi connectivity index (χ2n) is 13.9. The van der Waals surface area contributed by atoms with Crippen molar-refractivity contribution >= 4 is 43.6 Å². The molecule has 0 bridgehead atoms. The molecular weight excluding hydrogens is 749 g/mol. The van der Waals surface area contributed by atoms with E-state index in [0.717, 1.165) is 45.8 Å². The Morgan fingerprint density at radius 2 is 0.672 bits per heavy atom. The van der Waals surface area contributed by atoms with Crippen LogP contribution in [-0.4, -0.2) is 24.1 Å². The fraction of sp³-hybridized carbons (Fsp3) is 0.0426. The van der Waals surface area contributed by atoms with E-state index in [9.17, 15) is 26.3 Å². The van der Waals surface area contributed by atoms with Gasteiger partial charge in [0.2, 0.25) is 0 Å². The van der Waals surface area contributed by atoms with Gasteiger partial charge >= 0.3 is 12.4 Å². The first-order chi connectivity index (χ1) is 28.0. The molecule has 0 fully saturated rings. The lowest BCUT2D eigenvalue weighted by Gasteiger charge is -2.18. The number of benzene rings is 7. The van der Waals surface area contributed by atoms with Gasteiger partial charge in [-0.1, -0.05) is 103 Å². The predicted octanol–water partition coefficient (Wildman–Crippen LogP) is 13.1. The van der Waals surface area contributed by atoms with E-state index < -0.39 is 23.5 Å². The standard InChI is InChI=1S/C47H27F6N5/c48-46(49,50)29-22-24-35(41(26-29)57-37-18-8-4-14-31(37)32-15-5-9-19-38(32)57)44-54-43(28-12-2-1-3-13-28)55-45(56-44)36-25-23-30(47(51,52)53)27-42(36)58-39-20-10-6-16-33(39)34-17-7-11-21-40(34)58/h1-27H. The molecule has 11 heteroatoms. The maximum Gasteiger partial charge on any atom is 0.416 e. The van der Waals surface area contributed by atoms with Crippen LogP contribution in [-0.2, 0) is 12.4 Å². The van der Waals surface area contributed by atoms with E-state index in [0.29, 0.717) is 27.6 Å². The molecule has 0 aliphatic carbocycles. The molecule has 282 valence electrons. The number of alkyl halides is 6. The lowest BCUT2D eigenvalue weighted by atomic mass is 10.0. The van der Waals surface area contributed by atoms with E-state index in [-0.39, 0.29) is 40.0 Å². The molecule has 0 aliphatic heterocycles. The van der Waals surface area contributed by atoms with Crippen molar-refractivity contribution < 1.29 is 26.3 Å². The Balaban J connectivity index is 1.30. The number of fused-ring (bicyclic) bond motifs is 6. The lowest BCUT2D eigenvalue weighted by molar-refractivity contribution is -0.138. The van der Waals surface area contributed by atoms with Gasteiger partial charge in [0.05, 0.1) is 44.6 Å². The van der Waals surface area contributed by atoms with Crippen LogP contribution in [0.5, 0.6) is 0 Å². The van der Waals surface area contributed by atoms with Gasteiger partial charge in [-0.15, -0.1) is 0 Å². The topological polar surface area (TPSA) is 48.5 Å². The first kappa shape index (κ1) is 35.2. The second-order valence-corrected chi connectivity index (χ2v) is 13.9. The molecule has 0 saturated heterocycles. The molecule has 0 amide bonds. The Kier molecular flexibility index (Phi) is 7.98. The maximum absolute atomic E-state index is 14.5. The number of halogens is 6. The summed E-state index contributed by atoms with van der Waals surface area (Å²) in [6.07, 6.45) is -9.36. The number of hydrogen-bond acceptors (Lipinski definition) is 3. The van der Waals surface area contributed by atoms with E-state index in [1.165, 1.54) is 12.1 Å². The highest BCUT2D eigenvalue weighted by Gasteiger charge is 2.34. The molecule has 3 aromatic heterocycles. The molecule has 7 aromatic carbocycles. The molecule has 0 saturated carbocycles. The van der Waals surface area contributed by atoms with Gasteiger partial charge < -0.3 is 9.13 Å². The normalized spacial score (nSPS) is 12.3. The highest BCUT2D eigenvalue weighted by molar-refractivity contribution is 6.10. The van der Waals surface area contributed by atoms with Crippen LogP contribution in [0.1, 0.15) is 11.1 Å². The monoisotopic (exact) mass is 775 g/mol. The van der Waals surface area contributed by atoms with Crippen molar-refractivity contribution in [3.05, 3.63) is 175 Å². The van der Waals surface area contributed by atoms with E-state index >= 15 is 0 Å². The van der Waals surface area contributed by atoms with Crippen molar-refractivity contribution in [1.29, 1.82) is 0 Å². The van der Waals surface area contributed by atoms with Gasteiger partial charge in [0.15, 0.2) is 17.5 Å². The molecule has 0 spiro atoms. The van der Waals surface area contributed by atoms with Crippen molar-refractivity contribution in [3.63, 3.8) is 0 Å². The average molecular weight is 776 g/mol. The van der Waals surface area contributed by atoms with Crippen molar-refractivity contribution in [3.8, 4) is 45.5 Å². The van der Waals surface area contributed by atoms with Crippen LogP contribution in [0.3, 0.4) is 0 Å². The molecule has 5 nitrogen and oxygen atoms in total. The molecule has 0 aliphatic rings. The summed E-state index contributed by atoms with van der Waals surface area (Å²) >= 11 is 0. The number of aromatic nitrogens is 5. The van der Waals surface area contributed by atoms with Crippen LogP contribution >= 0.6 is 0 Å². The summed E-state index contributed by atoms with van der Waals surface area (Å²) in [6, 6.07) is 45.6. The Labute approximate surface area is 326 Å². The minimum absolute atomic E-state index is 0.0301. The minimum atomic E-state index is -4.68. The van der Waals surface area contributed by atoms with E-state index in [4.69, 9.17) is 15.0 Å². The number of nitrogens with zero attached hydrogens (tertiary/aromatic N) is 5. The Bertz CT molecular complexity index is 2920. The summed E-state index contributed by atoms with van der Waals surface area (Å²) in [4.78, 5) is 14.7. The SMILES string of the molecule is FC(F)(F)c1ccc(-c2nc(-c3ccccc3)nc(-c3ccc(C(F)(F)F)cc3-n3c4ccccc4c4ccccc43)n2)c(-n2c3ccccc3c3ccccc32)c1. The third-order valence-electron chi connectivity index (χ3n) is 10.4. The van der Waals surface area contributed by atoms with E-state index in [1.54, 1.807) is 33.4 Å². The van der Waals surface area contributed by atoms with Crippen molar-refractivity contribution in [2.45, 2.75) is 12.4 Å². The van der Waals surface area contributed by atoms with Gasteiger partial charge in [-0.25, -0.2) is 15.0 Å². The Morgan fingerprint density at radius 1 is 0.345 bits per heavy atom. The van der Waals surface area contributed by atoms with Crippen LogP contribution in [0.25, 0.3) is 89.2 Å². The summed E-state index contributed by atoms with van der Waals surface area (Å²) < 4.78 is 90.7. The molecule has 58 heavy (non-hydrogen) atoms. The van der Waals surface area contributed by atoms with Gasteiger partial charge in [0.25, 0.3) is 0 Å². The molecule has 10 aromatic rings. The Hall–Kier alpha value is -7.27. The van der Waals surface area contributed by atoms with Crippen LogP contribution in [0.4, 0.5) is 26.3 Å². The fourth-order valence-corrected chi connectivity index (χ4v) is 7.86. The smallest absolute Gasteiger partial charge is 0.308 e. The average Bonchev–Trinajstić information content (AvgIpc) is 3.76. The predicted molar refractivity (Wildman–Crippen MR) is 215 cm³/mol. The van der Waals surface area contributed by atoms with Crippen molar-refractivity contribution in [1.82, 2.24) is 24.1 Å². The zero-order valence-electron chi connectivity index (χ0n) is 30.1. The summed E-state index contributed by atoms with van der Waals surface area (Å²) in [5, 5.41) is 3.35. The maximum atomic E-state index is 14.5. The lowest BCUT2D eigenvalue weighted by Crippen LogP contribution is -2.10. The number of hydrogen-bond donors (Lipinski definition) is 0. The zero-order chi connectivity index (χ0) is 39.8. The third-order valence-corrected chi connectivity index (χ3v) is 10.4. The van der Waals surface area contributed by atoms with Gasteiger partial charge in [0, 0.05) is 38.2 Å². The van der Waals surface area contributed by atoms with E-state index in [2.05, 4.69) is 0 Å². The Morgan fingerprint density at radius 3 is 1.03 bits per heavy atom. The summed E-state index contributed by atoms with van der Waals surface area (Å²) in [7, 11) is 0. The van der Waals surface area contributed by atoms with Crippen molar-refractivity contribution in [2.24, 2.45) is 0 Å². The minimum Gasteiger partial charge on any atom is -0.308 e. The molecule has 0 unspecified atom stereocenters. The summed E-state index contributed by atoms with van der Waals surface area (Å²) in [5.74, 6) is 0.242. The molecule has 10 rings (SSSR count). The van der Waals surface area contributed by atoms with Crippen molar-refractivity contribution in [2.75, 3.05) is 0 Å². The number of para-hydroxylation sites is 4. The second kappa shape index (κ2) is 13.2. The molecule has 3 heterocycles. The molecule has 0 atom stereocenters. The first-order valence-corrected chi connectivity index (χ1v) is 18.3. The molecular formula is C47H27F6N5. The van der Waals surface area contributed by atoms with Crippen LogP contribution in [0, 0.1) is 0 Å². The highest BCUT2D eigenvalue weighted by Crippen LogP contribution is 2.42. The van der Waals surface area contributed by atoms with E-state index in [1.807, 2.05) is 103 Å². The third kappa shape index (κ3) is 5.77. The quantitative estimate of drug-likeness (QED) is 0.164. The van der Waals surface area contributed by atoms with Gasteiger partial charge in [-0.05, 0) is 60.7 Å². The first-order valence-electron chi connectivity index (χ1n) is 18.3. The van der Waals surface area contributed by atoms with Gasteiger partial charge in [-0.2, -0.15) is 26.3 Å². The zero-order valence-corrected chi connectivity index (χ0v) is 30.1.